The number of fused-ring (bicyclic) bond motifs is 1. The van der Waals surface area contributed by atoms with Crippen molar-refractivity contribution in [2.75, 3.05) is 11.5 Å². The van der Waals surface area contributed by atoms with Crippen molar-refractivity contribution in [3.8, 4) is 0 Å². The van der Waals surface area contributed by atoms with Crippen LogP contribution in [0, 0.1) is 0 Å². The number of oxime groups is 1. The number of nitrogens with two attached hydrogens (primary N) is 1. The minimum absolute atomic E-state index is 0. The monoisotopic (exact) mass is 412 g/mol. The second-order valence-corrected chi connectivity index (χ2v) is 7.26. The summed E-state index contributed by atoms with van der Waals surface area (Å²) in [4.78, 5) is 41.2. The van der Waals surface area contributed by atoms with Gasteiger partial charge in [-0.2, -0.15) is 0 Å². The van der Waals surface area contributed by atoms with Crippen LogP contribution in [-0.2, 0) is 14.4 Å². The Labute approximate surface area is 161 Å². The van der Waals surface area contributed by atoms with Gasteiger partial charge in [-0.05, 0) is 5.57 Å². The minimum atomic E-state index is -1.24. The molecule has 11 nitrogen and oxygen atoms in total. The van der Waals surface area contributed by atoms with Gasteiger partial charge in [0, 0.05) is 11.1 Å². The molecule has 2 atom stereocenters. The Balaban J connectivity index is 0.00000261. The van der Waals surface area contributed by atoms with E-state index in [0.717, 1.165) is 16.2 Å². The molecule has 8 N–H and O–H groups in total. The van der Waals surface area contributed by atoms with E-state index in [-0.39, 0.29) is 28.4 Å². The molecule has 3 heterocycles. The van der Waals surface area contributed by atoms with Crippen molar-refractivity contribution in [1.82, 2.24) is 21.4 Å². The zero-order valence-corrected chi connectivity index (χ0v) is 15.4. The number of β-lactam (4-membered cyclic amide) rings is 1. The lowest BCUT2D eigenvalue weighted by atomic mass is 10.0. The van der Waals surface area contributed by atoms with Crippen LogP contribution in [0.25, 0.3) is 0 Å². The molecule has 0 aromatic carbocycles. The highest BCUT2D eigenvalue weighted by molar-refractivity contribution is 8.00. The van der Waals surface area contributed by atoms with Crippen molar-refractivity contribution in [2.45, 2.75) is 11.4 Å². The Kier molecular flexibility index (Phi) is 5.88. The van der Waals surface area contributed by atoms with Crippen LogP contribution in [0.4, 0.5) is 5.13 Å². The van der Waals surface area contributed by atoms with E-state index in [1.54, 1.807) is 0 Å². The lowest BCUT2D eigenvalue weighted by Crippen LogP contribution is -2.71. The first-order chi connectivity index (χ1) is 12.4. The first-order valence-corrected chi connectivity index (χ1v) is 9.09. The summed E-state index contributed by atoms with van der Waals surface area (Å²) in [5.41, 5.74) is 5.49. The first-order valence-electron chi connectivity index (χ1n) is 7.16. The highest BCUT2D eigenvalue weighted by Gasteiger charge is 2.54. The van der Waals surface area contributed by atoms with Crippen molar-refractivity contribution in [3.05, 3.63) is 35.0 Å². The number of nitrogens with one attached hydrogen (secondary N) is 1. The number of nitrogen functional groups attached to an aromatic ring is 1. The van der Waals surface area contributed by atoms with Crippen LogP contribution in [-0.4, -0.2) is 60.9 Å². The van der Waals surface area contributed by atoms with Crippen LogP contribution in [0.15, 0.2) is 34.5 Å². The predicted molar refractivity (Wildman–Crippen MR) is 99.8 cm³/mol. The highest BCUT2D eigenvalue weighted by Crippen LogP contribution is 2.40. The lowest BCUT2D eigenvalue weighted by Gasteiger charge is -2.49. The number of carbonyl (C=O) groups excluding carboxylic acids is 2. The highest BCUT2D eigenvalue weighted by atomic mass is 32.2. The molecule has 1 saturated heterocycles. The molecule has 2 aliphatic heterocycles. The number of carboxylic acid groups (broad SMARTS) is 1. The molecule has 13 heteroatoms. The molecule has 0 unspecified atom stereocenters. The number of rotatable bonds is 5. The number of aromatic nitrogens is 1. The van der Waals surface area contributed by atoms with Gasteiger partial charge in [-0.3, -0.25) is 14.5 Å². The number of anilines is 1. The average molecular weight is 412 g/mol. The summed E-state index contributed by atoms with van der Waals surface area (Å²) >= 11 is 2.37. The Morgan fingerprint density at radius 3 is 2.74 bits per heavy atom. The van der Waals surface area contributed by atoms with Gasteiger partial charge < -0.3 is 27.5 Å². The number of hydrogen-bond donors (Lipinski definition) is 5. The number of allylic oxidation sites excluding steroid dienone is 1. The summed E-state index contributed by atoms with van der Waals surface area (Å²) in [6, 6.07) is -0.944. The molecule has 27 heavy (non-hydrogen) atoms. The molecule has 0 spiro atoms. The number of aliphatic carboxylic acids is 1. The van der Waals surface area contributed by atoms with Crippen molar-refractivity contribution < 1.29 is 24.7 Å². The Morgan fingerprint density at radius 1 is 1.52 bits per heavy atom. The van der Waals surface area contributed by atoms with Gasteiger partial charge in [0.15, 0.2) is 10.8 Å². The topological polar surface area (TPSA) is 193 Å². The largest absolute Gasteiger partial charge is 0.477 e. The third-order valence-electron chi connectivity index (χ3n) is 3.81. The Morgan fingerprint density at radius 2 is 2.22 bits per heavy atom. The SMILES string of the molecule is C=CC1=C(C(=O)O)N2C(=O)[C@@H](NC(=O)C(=NO)c3csc(N)n3)[C@H]2SC1.N. The van der Waals surface area contributed by atoms with E-state index in [2.05, 4.69) is 22.0 Å². The van der Waals surface area contributed by atoms with Gasteiger partial charge in [-0.1, -0.05) is 17.8 Å². The van der Waals surface area contributed by atoms with E-state index < -0.39 is 29.2 Å². The van der Waals surface area contributed by atoms with Crippen LogP contribution in [0.5, 0.6) is 0 Å². The molecule has 144 valence electrons. The smallest absolute Gasteiger partial charge is 0.352 e. The third kappa shape index (κ3) is 3.39. The summed E-state index contributed by atoms with van der Waals surface area (Å²) in [5, 5.41) is 24.9. The first kappa shape index (κ1) is 20.4. The number of hydrogen-bond acceptors (Lipinski definition) is 10. The molecule has 0 bridgehead atoms. The average Bonchev–Trinajstić information content (AvgIpc) is 3.04. The van der Waals surface area contributed by atoms with Gasteiger partial charge in [0.2, 0.25) is 0 Å². The normalized spacial score (nSPS) is 21.7. The maximum atomic E-state index is 12.4. The standard InChI is InChI=1S/C14H13N5O5S2.H3N/c1-2-5-3-25-12-8(11(21)19(12)9(5)13(22)23)17-10(20)7(18-24)6-4-26-14(15)16-6;/h2,4,8,12,24H,1,3H2,(H2,15,16)(H,17,20)(H,22,23);1H3/t8-,12-;/m1./s1. The predicted octanol–water partition coefficient (Wildman–Crippen LogP) is -0.00980. The quantitative estimate of drug-likeness (QED) is 0.191. The number of carbonyl (C=O) groups is 3. The number of thioether (sulfide) groups is 1. The number of thiazole rings is 1. The molecular weight excluding hydrogens is 396 g/mol. The molecule has 1 aromatic rings. The van der Waals surface area contributed by atoms with Crippen LogP contribution < -0.4 is 17.2 Å². The molecule has 1 fully saturated rings. The van der Waals surface area contributed by atoms with Crippen LogP contribution in [0.3, 0.4) is 0 Å². The summed E-state index contributed by atoms with van der Waals surface area (Å²) < 4.78 is 0. The molecule has 1 aromatic heterocycles. The summed E-state index contributed by atoms with van der Waals surface area (Å²) in [5.74, 6) is -2.27. The number of amides is 2. The number of nitrogens with zero attached hydrogens (tertiary/aromatic N) is 3. The third-order valence-corrected chi connectivity index (χ3v) is 5.79. The van der Waals surface area contributed by atoms with Crippen LogP contribution in [0.1, 0.15) is 5.69 Å². The molecule has 2 amide bonds. The Bertz CT molecular complexity index is 879. The fourth-order valence-electron chi connectivity index (χ4n) is 2.62. The van der Waals surface area contributed by atoms with Gasteiger partial charge >= 0.3 is 5.97 Å². The van der Waals surface area contributed by atoms with Crippen molar-refractivity contribution in [1.29, 1.82) is 0 Å². The van der Waals surface area contributed by atoms with E-state index in [1.165, 1.54) is 23.2 Å². The molecule has 0 saturated carbocycles. The maximum Gasteiger partial charge on any atom is 0.352 e. The van der Waals surface area contributed by atoms with Gasteiger partial charge in [-0.25, -0.2) is 9.78 Å². The molecule has 0 radical (unpaired) electrons. The van der Waals surface area contributed by atoms with Gasteiger partial charge in [-0.15, -0.1) is 23.1 Å². The molecule has 3 rings (SSSR count). The second-order valence-electron chi connectivity index (χ2n) is 5.26. The zero-order valence-electron chi connectivity index (χ0n) is 13.8. The van der Waals surface area contributed by atoms with Crippen molar-refractivity contribution in [3.63, 3.8) is 0 Å². The van der Waals surface area contributed by atoms with E-state index in [4.69, 9.17) is 10.9 Å². The van der Waals surface area contributed by atoms with E-state index in [9.17, 15) is 19.5 Å². The van der Waals surface area contributed by atoms with Crippen molar-refractivity contribution in [2.24, 2.45) is 5.16 Å². The second kappa shape index (κ2) is 7.77. The molecular formula is C14H16N6O5S2. The minimum Gasteiger partial charge on any atom is -0.477 e. The molecule has 2 aliphatic rings. The van der Waals surface area contributed by atoms with E-state index in [1.807, 2.05) is 0 Å². The zero-order chi connectivity index (χ0) is 19.0. The van der Waals surface area contributed by atoms with Gasteiger partial charge in [0.1, 0.15) is 22.8 Å². The van der Waals surface area contributed by atoms with Crippen LogP contribution in [0.2, 0.25) is 0 Å². The summed E-state index contributed by atoms with van der Waals surface area (Å²) in [6.07, 6.45) is 1.40. The maximum absolute atomic E-state index is 12.4. The summed E-state index contributed by atoms with van der Waals surface area (Å²) in [6.45, 7) is 3.56. The van der Waals surface area contributed by atoms with E-state index >= 15 is 0 Å². The Hall–Kier alpha value is -2.90. The summed E-state index contributed by atoms with van der Waals surface area (Å²) in [7, 11) is 0. The molecule has 0 aliphatic carbocycles. The van der Waals surface area contributed by atoms with Crippen LogP contribution >= 0.6 is 23.1 Å². The fourth-order valence-corrected chi connectivity index (χ4v) is 4.51. The van der Waals surface area contributed by atoms with Crippen molar-refractivity contribution >= 4 is 51.7 Å². The lowest BCUT2D eigenvalue weighted by molar-refractivity contribution is -0.150. The van der Waals surface area contributed by atoms with E-state index in [0.29, 0.717) is 11.3 Å². The fraction of sp³-hybridized carbons (Fsp3) is 0.214. The number of carboxylic acids is 1. The van der Waals surface area contributed by atoms with Gasteiger partial charge in [0.25, 0.3) is 11.8 Å². The van der Waals surface area contributed by atoms with Gasteiger partial charge in [0.05, 0.1) is 0 Å².